The van der Waals surface area contributed by atoms with Gasteiger partial charge in [-0.05, 0) is 26.2 Å². The summed E-state index contributed by atoms with van der Waals surface area (Å²) in [6.45, 7) is 3.67. The summed E-state index contributed by atoms with van der Waals surface area (Å²) in [4.78, 5) is 12.3. The van der Waals surface area contributed by atoms with Gasteiger partial charge in [-0.1, -0.05) is 30.0 Å². The van der Waals surface area contributed by atoms with Gasteiger partial charge in [-0.3, -0.25) is 4.79 Å². The second-order valence-electron chi connectivity index (χ2n) is 5.21. The van der Waals surface area contributed by atoms with Crippen LogP contribution >= 0.6 is 11.8 Å². The van der Waals surface area contributed by atoms with Crippen molar-refractivity contribution >= 4 is 28.9 Å². The highest BCUT2D eigenvalue weighted by atomic mass is 32.2. The van der Waals surface area contributed by atoms with E-state index in [1.54, 1.807) is 13.1 Å². The molecule has 0 bridgehead atoms. The smallest absolute Gasteiger partial charge is 0.296 e. The van der Waals surface area contributed by atoms with E-state index < -0.39 is 0 Å². The molecule has 0 radical (unpaired) electrons. The van der Waals surface area contributed by atoms with Gasteiger partial charge in [-0.25, -0.2) is 0 Å². The Morgan fingerprint density at radius 2 is 1.96 bits per heavy atom. The van der Waals surface area contributed by atoms with Gasteiger partial charge in [0.15, 0.2) is 0 Å². The number of para-hydroxylation sites is 1. The van der Waals surface area contributed by atoms with Crippen molar-refractivity contribution in [2.45, 2.75) is 19.0 Å². The average Bonchev–Trinajstić information content (AvgIpc) is 2.81. The van der Waals surface area contributed by atoms with E-state index in [0.29, 0.717) is 10.9 Å². The summed E-state index contributed by atoms with van der Waals surface area (Å²) < 4.78 is 3.42. The Morgan fingerprint density at radius 3 is 2.70 bits per heavy atom. The Bertz CT molecular complexity index is 970. The number of fused-ring (bicyclic) bond motifs is 1. The maximum atomic E-state index is 12.3. The van der Waals surface area contributed by atoms with Crippen LogP contribution in [0, 0.1) is 13.8 Å². The lowest BCUT2D eigenvalue weighted by Gasteiger charge is -2.03. The zero-order valence-electron chi connectivity index (χ0n) is 13.4. The van der Waals surface area contributed by atoms with Crippen LogP contribution in [0.15, 0.2) is 39.3 Å². The lowest BCUT2D eigenvalue weighted by atomic mass is 10.1. The molecule has 2 heterocycles. The minimum absolute atomic E-state index is 0.251. The van der Waals surface area contributed by atoms with Crippen molar-refractivity contribution in [3.05, 3.63) is 51.6 Å². The highest BCUT2D eigenvalue weighted by Gasteiger charge is 2.11. The summed E-state index contributed by atoms with van der Waals surface area (Å²) in [7, 11) is 2.02. The molecule has 0 saturated heterocycles. The fourth-order valence-corrected chi connectivity index (χ4v) is 2.93. The molecule has 0 unspecified atom stereocenters. The third-order valence-corrected chi connectivity index (χ3v) is 4.52. The van der Waals surface area contributed by atoms with Crippen molar-refractivity contribution in [1.29, 1.82) is 0 Å². The van der Waals surface area contributed by atoms with Crippen molar-refractivity contribution in [2.24, 2.45) is 12.1 Å². The molecular formula is C16H17N5OS. The predicted octanol–water partition coefficient (Wildman–Crippen LogP) is 2.35. The summed E-state index contributed by atoms with van der Waals surface area (Å²) >= 11 is 1.34. The Kier molecular flexibility index (Phi) is 4.04. The molecule has 118 valence electrons. The fourth-order valence-electron chi connectivity index (χ4n) is 2.50. The lowest BCUT2D eigenvalue weighted by molar-refractivity contribution is 0.635. The molecule has 0 spiro atoms. The summed E-state index contributed by atoms with van der Waals surface area (Å²) in [6, 6.07) is 8.13. The van der Waals surface area contributed by atoms with Crippen molar-refractivity contribution in [2.75, 3.05) is 6.26 Å². The van der Waals surface area contributed by atoms with Gasteiger partial charge in [0.05, 0.1) is 6.21 Å². The Labute approximate surface area is 137 Å². The van der Waals surface area contributed by atoms with Gasteiger partial charge in [0.2, 0.25) is 5.16 Å². The topological polar surface area (TPSA) is 65.1 Å². The van der Waals surface area contributed by atoms with E-state index in [-0.39, 0.29) is 5.56 Å². The molecule has 3 aromatic rings. The van der Waals surface area contributed by atoms with Crippen LogP contribution in [0.5, 0.6) is 0 Å². The number of benzene rings is 1. The highest BCUT2D eigenvalue weighted by Crippen LogP contribution is 2.23. The lowest BCUT2D eigenvalue weighted by Crippen LogP contribution is -2.23. The summed E-state index contributed by atoms with van der Waals surface area (Å²) in [5, 5.41) is 13.8. The minimum Gasteiger partial charge on any atom is -0.347 e. The standard InChI is InChI=1S/C16H17N5OS/c1-10-15(22)21(16(23-4)19-18-10)17-9-13-11(2)20(3)14-8-6-5-7-12(13)14/h5-9H,1-4H3/b17-9-. The van der Waals surface area contributed by atoms with Gasteiger partial charge in [0.1, 0.15) is 5.69 Å². The highest BCUT2D eigenvalue weighted by molar-refractivity contribution is 7.98. The molecule has 0 aliphatic rings. The minimum atomic E-state index is -0.251. The van der Waals surface area contributed by atoms with Crippen LogP contribution in [-0.4, -0.2) is 31.9 Å². The first-order valence-electron chi connectivity index (χ1n) is 7.13. The van der Waals surface area contributed by atoms with E-state index in [2.05, 4.69) is 32.0 Å². The van der Waals surface area contributed by atoms with Gasteiger partial charge >= 0.3 is 0 Å². The molecule has 0 saturated carbocycles. The Hall–Kier alpha value is -2.41. The van der Waals surface area contributed by atoms with Crippen LogP contribution < -0.4 is 5.56 Å². The summed E-state index contributed by atoms with van der Waals surface area (Å²) in [5.74, 6) is 0. The Balaban J connectivity index is 2.17. The van der Waals surface area contributed by atoms with Gasteiger partial charge in [0.25, 0.3) is 5.56 Å². The molecule has 0 aliphatic carbocycles. The molecule has 3 rings (SSSR count). The first-order chi connectivity index (χ1) is 11.0. The predicted molar refractivity (Wildman–Crippen MR) is 93.5 cm³/mol. The van der Waals surface area contributed by atoms with Crippen molar-refractivity contribution in [3.8, 4) is 0 Å². The first-order valence-corrected chi connectivity index (χ1v) is 8.35. The SMILES string of the molecule is CSc1nnc(C)c(=O)n1/N=C\c1c(C)n(C)c2ccccc12. The van der Waals surface area contributed by atoms with Crippen molar-refractivity contribution < 1.29 is 0 Å². The van der Waals surface area contributed by atoms with Crippen LogP contribution in [-0.2, 0) is 7.05 Å². The quantitative estimate of drug-likeness (QED) is 0.547. The molecule has 0 N–H and O–H groups in total. The largest absolute Gasteiger partial charge is 0.347 e. The van der Waals surface area contributed by atoms with E-state index in [0.717, 1.165) is 22.2 Å². The van der Waals surface area contributed by atoms with Crippen LogP contribution in [0.2, 0.25) is 0 Å². The van der Waals surface area contributed by atoms with Gasteiger partial charge in [-0.2, -0.15) is 9.78 Å². The van der Waals surface area contributed by atoms with Crippen LogP contribution in [0.3, 0.4) is 0 Å². The molecule has 6 nitrogen and oxygen atoms in total. The second kappa shape index (κ2) is 6.00. The zero-order chi connectivity index (χ0) is 16.6. The first kappa shape index (κ1) is 15.5. The summed E-state index contributed by atoms with van der Waals surface area (Å²) in [5.41, 5.74) is 3.30. The third-order valence-electron chi connectivity index (χ3n) is 3.90. The normalized spacial score (nSPS) is 11.7. The number of aryl methyl sites for hydroxylation is 2. The van der Waals surface area contributed by atoms with Gasteiger partial charge in [0, 0.05) is 29.2 Å². The molecule has 23 heavy (non-hydrogen) atoms. The fraction of sp³-hybridized carbons (Fsp3) is 0.250. The third kappa shape index (κ3) is 2.57. The average molecular weight is 327 g/mol. The second-order valence-corrected chi connectivity index (χ2v) is 5.98. The Morgan fingerprint density at radius 1 is 1.22 bits per heavy atom. The number of hydrogen-bond donors (Lipinski definition) is 0. The van der Waals surface area contributed by atoms with Gasteiger partial charge < -0.3 is 4.57 Å². The maximum absolute atomic E-state index is 12.3. The van der Waals surface area contributed by atoms with E-state index in [4.69, 9.17) is 0 Å². The molecule has 2 aromatic heterocycles. The van der Waals surface area contributed by atoms with E-state index in [9.17, 15) is 4.79 Å². The molecular weight excluding hydrogens is 310 g/mol. The molecule has 0 amide bonds. The number of hydrogen-bond acceptors (Lipinski definition) is 5. The van der Waals surface area contributed by atoms with E-state index >= 15 is 0 Å². The molecule has 1 aromatic carbocycles. The zero-order valence-corrected chi connectivity index (χ0v) is 14.3. The maximum Gasteiger partial charge on any atom is 0.296 e. The molecule has 0 atom stereocenters. The van der Waals surface area contributed by atoms with E-state index in [1.807, 2.05) is 32.4 Å². The molecule has 0 fully saturated rings. The van der Waals surface area contributed by atoms with Crippen LogP contribution in [0.4, 0.5) is 0 Å². The summed E-state index contributed by atoms with van der Waals surface area (Å²) in [6.07, 6.45) is 3.56. The molecule has 0 aliphatic heterocycles. The number of aromatic nitrogens is 4. The number of rotatable bonds is 3. The number of nitrogens with zero attached hydrogens (tertiary/aromatic N) is 5. The van der Waals surface area contributed by atoms with Crippen molar-refractivity contribution in [3.63, 3.8) is 0 Å². The van der Waals surface area contributed by atoms with Crippen LogP contribution in [0.1, 0.15) is 17.0 Å². The monoisotopic (exact) mass is 327 g/mol. The molecule has 7 heteroatoms. The van der Waals surface area contributed by atoms with Crippen LogP contribution in [0.25, 0.3) is 10.9 Å². The van der Waals surface area contributed by atoms with Gasteiger partial charge in [-0.15, -0.1) is 10.2 Å². The van der Waals surface area contributed by atoms with E-state index in [1.165, 1.54) is 16.4 Å². The number of thioether (sulfide) groups is 1. The van der Waals surface area contributed by atoms with Crippen molar-refractivity contribution in [1.82, 2.24) is 19.4 Å².